The molecule has 7 nitrogen and oxygen atoms in total. The van der Waals surface area contributed by atoms with E-state index >= 15 is 0 Å². The lowest BCUT2D eigenvalue weighted by Crippen LogP contribution is -2.29. The predicted octanol–water partition coefficient (Wildman–Crippen LogP) is 0.411. The van der Waals surface area contributed by atoms with Gasteiger partial charge in [-0.05, 0) is 18.8 Å². The Bertz CT molecular complexity index is 556. The highest BCUT2D eigenvalue weighted by molar-refractivity contribution is 7.91. The Kier molecular flexibility index (Phi) is 3.98. The van der Waals surface area contributed by atoms with Gasteiger partial charge in [0.2, 0.25) is 0 Å². The van der Waals surface area contributed by atoms with Crippen LogP contribution in [0.15, 0.2) is 12.4 Å². The van der Waals surface area contributed by atoms with Crippen molar-refractivity contribution in [2.24, 2.45) is 5.92 Å². The topological polar surface area (TPSA) is 109 Å². The summed E-state index contributed by atoms with van der Waals surface area (Å²) in [6.45, 7) is 0.500. The van der Waals surface area contributed by atoms with Gasteiger partial charge in [-0.25, -0.2) is 23.2 Å². The van der Waals surface area contributed by atoms with Crippen molar-refractivity contribution in [2.75, 3.05) is 23.4 Å². The van der Waals surface area contributed by atoms with Crippen LogP contribution in [0.1, 0.15) is 23.3 Å². The predicted molar refractivity (Wildman–Crippen MR) is 68.9 cm³/mol. The summed E-state index contributed by atoms with van der Waals surface area (Å²) in [6, 6.07) is 0. The Hall–Kier alpha value is -1.70. The fourth-order valence-electron chi connectivity index (χ4n) is 2.06. The molecule has 1 fully saturated rings. The number of rotatable bonds is 4. The first kappa shape index (κ1) is 13.7. The fourth-order valence-corrected chi connectivity index (χ4v) is 3.83. The Morgan fingerprint density at radius 1 is 1.42 bits per heavy atom. The number of hydrogen-bond acceptors (Lipinski definition) is 6. The molecule has 2 rings (SSSR count). The molecule has 0 radical (unpaired) electrons. The lowest BCUT2D eigenvalue weighted by molar-refractivity contribution is 0.0690. The van der Waals surface area contributed by atoms with E-state index in [2.05, 4.69) is 15.3 Å². The first-order valence-electron chi connectivity index (χ1n) is 5.96. The third-order valence-corrected chi connectivity index (χ3v) is 4.89. The van der Waals surface area contributed by atoms with Crippen LogP contribution < -0.4 is 5.32 Å². The van der Waals surface area contributed by atoms with E-state index in [1.807, 2.05) is 0 Å². The van der Waals surface area contributed by atoms with Gasteiger partial charge >= 0.3 is 5.97 Å². The van der Waals surface area contributed by atoms with Crippen molar-refractivity contribution < 1.29 is 18.3 Å². The minimum atomic E-state index is -2.91. The summed E-state index contributed by atoms with van der Waals surface area (Å²) in [6.07, 6.45) is 4.06. The van der Waals surface area contributed by atoms with Crippen LogP contribution in [0.3, 0.4) is 0 Å². The minimum absolute atomic E-state index is 0.0692. The zero-order valence-electron chi connectivity index (χ0n) is 10.2. The molecule has 0 aliphatic carbocycles. The van der Waals surface area contributed by atoms with Crippen LogP contribution in [0.25, 0.3) is 0 Å². The number of aromatic carboxylic acids is 1. The van der Waals surface area contributed by atoms with Crippen LogP contribution in [-0.4, -0.2) is 47.5 Å². The van der Waals surface area contributed by atoms with Crippen molar-refractivity contribution >= 4 is 21.6 Å². The molecule has 1 aromatic rings. The average Bonchev–Trinajstić information content (AvgIpc) is 2.36. The molecule has 0 spiro atoms. The van der Waals surface area contributed by atoms with Gasteiger partial charge in [0.1, 0.15) is 5.82 Å². The van der Waals surface area contributed by atoms with E-state index in [9.17, 15) is 13.2 Å². The number of hydrogen-bond donors (Lipinski definition) is 2. The number of nitrogens with one attached hydrogen (secondary N) is 1. The number of nitrogens with zero attached hydrogens (tertiary/aromatic N) is 2. The van der Waals surface area contributed by atoms with Crippen LogP contribution in [0.2, 0.25) is 0 Å². The van der Waals surface area contributed by atoms with Crippen LogP contribution in [-0.2, 0) is 9.84 Å². The summed E-state index contributed by atoms with van der Waals surface area (Å²) in [7, 11) is -2.91. The molecule has 2 heterocycles. The van der Waals surface area contributed by atoms with Crippen molar-refractivity contribution in [1.29, 1.82) is 0 Å². The van der Waals surface area contributed by atoms with Gasteiger partial charge < -0.3 is 10.4 Å². The van der Waals surface area contributed by atoms with Gasteiger partial charge in [-0.2, -0.15) is 0 Å². The van der Waals surface area contributed by atoms with E-state index in [1.165, 1.54) is 12.4 Å². The minimum Gasteiger partial charge on any atom is -0.476 e. The molecule has 1 aromatic heterocycles. The van der Waals surface area contributed by atoms with Gasteiger partial charge in [-0.15, -0.1) is 0 Å². The largest absolute Gasteiger partial charge is 0.476 e. The molecule has 1 atom stereocenters. The summed E-state index contributed by atoms with van der Waals surface area (Å²) in [4.78, 5) is 18.2. The highest BCUT2D eigenvalue weighted by atomic mass is 32.2. The number of aromatic nitrogens is 2. The van der Waals surface area contributed by atoms with Crippen molar-refractivity contribution in [1.82, 2.24) is 9.97 Å². The van der Waals surface area contributed by atoms with Gasteiger partial charge in [0, 0.05) is 6.54 Å². The van der Waals surface area contributed by atoms with E-state index in [1.54, 1.807) is 0 Å². The zero-order chi connectivity index (χ0) is 13.9. The average molecular weight is 285 g/mol. The maximum atomic E-state index is 11.5. The molecule has 0 saturated carbocycles. The number of carboxylic acid groups (broad SMARTS) is 1. The summed E-state index contributed by atoms with van der Waals surface area (Å²) >= 11 is 0. The second-order valence-electron chi connectivity index (χ2n) is 4.60. The number of anilines is 1. The molecule has 0 aromatic carbocycles. The summed E-state index contributed by atoms with van der Waals surface area (Å²) in [5.41, 5.74) is -0.120. The van der Waals surface area contributed by atoms with E-state index < -0.39 is 15.8 Å². The molecule has 1 saturated heterocycles. The second-order valence-corrected chi connectivity index (χ2v) is 6.82. The van der Waals surface area contributed by atoms with Crippen LogP contribution in [0.5, 0.6) is 0 Å². The maximum Gasteiger partial charge on any atom is 0.356 e. The Morgan fingerprint density at radius 2 is 2.21 bits per heavy atom. The number of sulfone groups is 1. The molecule has 19 heavy (non-hydrogen) atoms. The molecule has 0 bridgehead atoms. The van der Waals surface area contributed by atoms with Gasteiger partial charge in [0.15, 0.2) is 15.5 Å². The van der Waals surface area contributed by atoms with E-state index in [-0.39, 0.29) is 23.1 Å². The number of carboxylic acids is 1. The third kappa shape index (κ3) is 3.88. The normalized spacial score (nSPS) is 21.8. The van der Waals surface area contributed by atoms with Crippen molar-refractivity contribution in [2.45, 2.75) is 12.8 Å². The van der Waals surface area contributed by atoms with Crippen LogP contribution >= 0.6 is 0 Å². The van der Waals surface area contributed by atoms with Crippen molar-refractivity contribution in [3.63, 3.8) is 0 Å². The maximum absolute atomic E-state index is 11.5. The first-order valence-corrected chi connectivity index (χ1v) is 7.78. The van der Waals surface area contributed by atoms with Crippen molar-refractivity contribution in [3.05, 3.63) is 18.1 Å². The molecule has 2 N–H and O–H groups in total. The SMILES string of the molecule is O=C(O)c1cnc(NCC2CCCS(=O)(=O)C2)cn1. The summed E-state index contributed by atoms with van der Waals surface area (Å²) < 4.78 is 22.9. The highest BCUT2D eigenvalue weighted by Crippen LogP contribution is 2.18. The quantitative estimate of drug-likeness (QED) is 0.824. The smallest absolute Gasteiger partial charge is 0.356 e. The number of carbonyl (C=O) groups is 1. The van der Waals surface area contributed by atoms with Gasteiger partial charge in [0.25, 0.3) is 0 Å². The molecule has 1 aliphatic heterocycles. The second kappa shape index (κ2) is 5.52. The summed E-state index contributed by atoms with van der Waals surface area (Å²) in [5, 5.41) is 11.7. The molecule has 104 valence electrons. The molecule has 8 heteroatoms. The van der Waals surface area contributed by atoms with Crippen LogP contribution in [0, 0.1) is 5.92 Å². The Morgan fingerprint density at radius 3 is 2.79 bits per heavy atom. The van der Waals surface area contributed by atoms with Gasteiger partial charge in [-0.1, -0.05) is 0 Å². The van der Waals surface area contributed by atoms with Crippen LogP contribution in [0.4, 0.5) is 5.82 Å². The monoisotopic (exact) mass is 285 g/mol. The molecule has 1 unspecified atom stereocenters. The first-order chi connectivity index (χ1) is 8.96. The van der Waals surface area contributed by atoms with E-state index in [4.69, 9.17) is 5.11 Å². The molecule has 0 amide bonds. The molecular formula is C11H15N3O4S. The van der Waals surface area contributed by atoms with E-state index in [0.29, 0.717) is 18.8 Å². The zero-order valence-corrected chi connectivity index (χ0v) is 11.1. The Labute approximate surface area is 111 Å². The molecular weight excluding hydrogens is 270 g/mol. The lowest BCUT2D eigenvalue weighted by atomic mass is 10.1. The Balaban J connectivity index is 1.90. The third-order valence-electron chi connectivity index (χ3n) is 3.00. The summed E-state index contributed by atoms with van der Waals surface area (Å²) in [5.74, 6) is -0.137. The fraction of sp³-hybridized carbons (Fsp3) is 0.545. The highest BCUT2D eigenvalue weighted by Gasteiger charge is 2.24. The standard InChI is InChI=1S/C11H15N3O4S/c15-11(16)9-5-14-10(6-12-9)13-4-8-2-1-3-19(17,18)7-8/h5-6,8H,1-4,7H2,(H,13,14)(H,15,16). The van der Waals surface area contributed by atoms with E-state index in [0.717, 1.165) is 6.42 Å². The van der Waals surface area contributed by atoms with Crippen molar-refractivity contribution in [3.8, 4) is 0 Å². The lowest BCUT2D eigenvalue weighted by Gasteiger charge is -2.22. The van der Waals surface area contributed by atoms with Gasteiger partial charge in [0.05, 0.1) is 23.9 Å². The molecule has 1 aliphatic rings. The van der Waals surface area contributed by atoms with Gasteiger partial charge in [-0.3, -0.25) is 0 Å².